The van der Waals surface area contributed by atoms with Crippen LogP contribution in [-0.2, 0) is 18.8 Å². The third kappa shape index (κ3) is 2.01. The number of carbonyl (C=O) groups is 1. The lowest BCUT2D eigenvalue weighted by Gasteiger charge is -2.06. The zero-order valence-corrected chi connectivity index (χ0v) is 10.7. The van der Waals surface area contributed by atoms with Crippen molar-refractivity contribution in [2.45, 2.75) is 6.92 Å². The van der Waals surface area contributed by atoms with Gasteiger partial charge in [0.05, 0.1) is 12.8 Å². The van der Waals surface area contributed by atoms with Crippen LogP contribution in [0.4, 0.5) is 0 Å². The van der Waals surface area contributed by atoms with Gasteiger partial charge in [0.1, 0.15) is 0 Å². The molecular weight excluding hydrogens is 252 g/mol. The summed E-state index contributed by atoms with van der Waals surface area (Å²) in [4.78, 5) is 43.0. The molecule has 0 bridgehead atoms. The highest BCUT2D eigenvalue weighted by atomic mass is 16.5. The fraction of sp³-hybridized carbons (Fsp3) is 0.364. The van der Waals surface area contributed by atoms with Gasteiger partial charge in [-0.05, 0) is 6.92 Å². The number of ether oxygens (including phenoxy) is 1. The normalized spacial score (nSPS) is 10.7. The van der Waals surface area contributed by atoms with E-state index in [0.29, 0.717) is 0 Å². The Hall–Kier alpha value is -2.51. The quantitative estimate of drug-likeness (QED) is 0.659. The first-order valence-corrected chi connectivity index (χ1v) is 5.57. The molecule has 2 heterocycles. The van der Waals surface area contributed by atoms with E-state index in [1.165, 1.54) is 24.9 Å². The minimum atomic E-state index is -0.659. The summed E-state index contributed by atoms with van der Waals surface area (Å²) >= 11 is 0. The Morgan fingerprint density at radius 2 is 2.00 bits per heavy atom. The number of nitrogens with zero attached hydrogens (tertiary/aromatic N) is 4. The molecule has 100 valence electrons. The molecule has 0 aromatic carbocycles. The second kappa shape index (κ2) is 4.63. The SMILES string of the molecule is CCOC(=O)c1cnc2c(n1)c(=O)n(C)c(=O)n2C. The van der Waals surface area contributed by atoms with E-state index >= 15 is 0 Å². The average molecular weight is 264 g/mol. The van der Waals surface area contributed by atoms with Gasteiger partial charge < -0.3 is 4.74 Å². The molecule has 0 N–H and O–H groups in total. The van der Waals surface area contributed by atoms with Gasteiger partial charge in [-0.25, -0.2) is 19.6 Å². The van der Waals surface area contributed by atoms with E-state index in [4.69, 9.17) is 4.74 Å². The highest BCUT2D eigenvalue weighted by Gasteiger charge is 2.15. The van der Waals surface area contributed by atoms with Gasteiger partial charge in [0.25, 0.3) is 5.56 Å². The number of esters is 1. The average Bonchev–Trinajstić information content (AvgIpc) is 2.42. The lowest BCUT2D eigenvalue weighted by atomic mass is 10.4. The Morgan fingerprint density at radius 3 is 2.63 bits per heavy atom. The van der Waals surface area contributed by atoms with Crippen LogP contribution >= 0.6 is 0 Å². The Labute approximate surface area is 107 Å². The molecule has 0 saturated heterocycles. The van der Waals surface area contributed by atoms with Crippen LogP contribution in [0.25, 0.3) is 11.2 Å². The maximum atomic E-state index is 11.9. The molecular formula is C11H12N4O4. The molecule has 0 spiro atoms. The van der Waals surface area contributed by atoms with Crippen LogP contribution in [0.15, 0.2) is 15.8 Å². The van der Waals surface area contributed by atoms with Crippen molar-refractivity contribution in [2.24, 2.45) is 14.1 Å². The predicted octanol–water partition coefficient (Wildman–Crippen LogP) is -0.796. The molecule has 0 aliphatic heterocycles. The van der Waals surface area contributed by atoms with Crippen molar-refractivity contribution >= 4 is 17.1 Å². The molecule has 0 aliphatic rings. The maximum Gasteiger partial charge on any atom is 0.358 e. The van der Waals surface area contributed by atoms with Crippen LogP contribution in [0.5, 0.6) is 0 Å². The topological polar surface area (TPSA) is 96.1 Å². The largest absolute Gasteiger partial charge is 0.461 e. The van der Waals surface area contributed by atoms with Gasteiger partial charge in [-0.3, -0.25) is 13.9 Å². The van der Waals surface area contributed by atoms with Crippen LogP contribution in [0.1, 0.15) is 17.4 Å². The van der Waals surface area contributed by atoms with Crippen LogP contribution < -0.4 is 11.2 Å². The summed E-state index contributed by atoms with van der Waals surface area (Å²) in [6.07, 6.45) is 1.18. The molecule has 2 aromatic heterocycles. The molecule has 0 radical (unpaired) electrons. The monoisotopic (exact) mass is 264 g/mol. The predicted molar refractivity (Wildman–Crippen MR) is 66.0 cm³/mol. The molecule has 0 amide bonds. The van der Waals surface area contributed by atoms with Gasteiger partial charge >= 0.3 is 11.7 Å². The molecule has 2 aromatic rings. The number of rotatable bonds is 2. The van der Waals surface area contributed by atoms with Crippen LogP contribution in [-0.4, -0.2) is 31.7 Å². The van der Waals surface area contributed by atoms with E-state index in [-0.39, 0.29) is 23.5 Å². The third-order valence-corrected chi connectivity index (χ3v) is 2.64. The van der Waals surface area contributed by atoms with E-state index in [2.05, 4.69) is 9.97 Å². The number of aryl methyl sites for hydroxylation is 1. The number of hydrogen-bond donors (Lipinski definition) is 0. The molecule has 19 heavy (non-hydrogen) atoms. The fourth-order valence-corrected chi connectivity index (χ4v) is 1.64. The first-order chi connectivity index (χ1) is 8.97. The number of aromatic nitrogens is 4. The number of fused-ring (bicyclic) bond motifs is 1. The minimum absolute atomic E-state index is 0.0462. The first kappa shape index (κ1) is 12.9. The van der Waals surface area contributed by atoms with Crippen molar-refractivity contribution in [1.82, 2.24) is 19.1 Å². The smallest absolute Gasteiger partial charge is 0.358 e. The highest BCUT2D eigenvalue weighted by Crippen LogP contribution is 2.03. The van der Waals surface area contributed by atoms with Crippen molar-refractivity contribution in [3.05, 3.63) is 32.7 Å². The Bertz CT molecular complexity index is 775. The third-order valence-electron chi connectivity index (χ3n) is 2.64. The summed E-state index contributed by atoms with van der Waals surface area (Å²) in [7, 11) is 2.81. The van der Waals surface area contributed by atoms with Crippen molar-refractivity contribution in [3.8, 4) is 0 Å². The summed E-state index contributed by atoms with van der Waals surface area (Å²) in [5.74, 6) is -0.659. The minimum Gasteiger partial charge on any atom is -0.461 e. The number of hydrogen-bond acceptors (Lipinski definition) is 6. The van der Waals surface area contributed by atoms with E-state index in [1.807, 2.05) is 0 Å². The summed E-state index contributed by atoms with van der Waals surface area (Å²) in [5, 5.41) is 0. The molecule has 0 aliphatic carbocycles. The molecule has 2 rings (SSSR count). The van der Waals surface area contributed by atoms with Crippen LogP contribution in [0.3, 0.4) is 0 Å². The van der Waals surface area contributed by atoms with E-state index < -0.39 is 17.2 Å². The Morgan fingerprint density at radius 1 is 1.32 bits per heavy atom. The Balaban J connectivity index is 2.77. The van der Waals surface area contributed by atoms with Gasteiger partial charge in [0.2, 0.25) is 0 Å². The van der Waals surface area contributed by atoms with Crippen molar-refractivity contribution in [1.29, 1.82) is 0 Å². The van der Waals surface area contributed by atoms with Gasteiger partial charge in [-0.15, -0.1) is 0 Å². The van der Waals surface area contributed by atoms with E-state index in [9.17, 15) is 14.4 Å². The van der Waals surface area contributed by atoms with Crippen LogP contribution in [0.2, 0.25) is 0 Å². The van der Waals surface area contributed by atoms with Crippen molar-refractivity contribution < 1.29 is 9.53 Å². The van der Waals surface area contributed by atoms with Crippen molar-refractivity contribution in [3.63, 3.8) is 0 Å². The number of carbonyl (C=O) groups excluding carboxylic acids is 1. The summed E-state index contributed by atoms with van der Waals surface area (Å²) in [5.41, 5.74) is -1.09. The maximum absolute atomic E-state index is 11.9. The van der Waals surface area contributed by atoms with Gasteiger partial charge in [-0.1, -0.05) is 0 Å². The fourth-order valence-electron chi connectivity index (χ4n) is 1.64. The Kier molecular flexibility index (Phi) is 3.16. The van der Waals surface area contributed by atoms with Gasteiger partial charge in [0.15, 0.2) is 16.9 Å². The van der Waals surface area contributed by atoms with Gasteiger partial charge in [0, 0.05) is 14.1 Å². The summed E-state index contributed by atoms with van der Waals surface area (Å²) in [6, 6.07) is 0. The van der Waals surface area contributed by atoms with E-state index in [0.717, 1.165) is 4.57 Å². The second-order valence-electron chi connectivity index (χ2n) is 3.85. The molecule has 8 nitrogen and oxygen atoms in total. The summed E-state index contributed by atoms with van der Waals surface area (Å²) in [6.45, 7) is 1.86. The van der Waals surface area contributed by atoms with Crippen molar-refractivity contribution in [2.75, 3.05) is 6.61 Å². The molecule has 0 atom stereocenters. The molecule has 0 saturated carbocycles. The standard InChI is InChI=1S/C11H12N4O4/c1-4-19-10(17)6-5-12-8-7(13-6)9(16)15(3)11(18)14(8)2/h5H,4H2,1-3H3. The first-order valence-electron chi connectivity index (χ1n) is 5.57. The molecule has 8 heteroatoms. The molecule has 0 fully saturated rings. The second-order valence-corrected chi connectivity index (χ2v) is 3.85. The molecule has 0 unspecified atom stereocenters. The van der Waals surface area contributed by atoms with E-state index in [1.54, 1.807) is 6.92 Å². The zero-order valence-electron chi connectivity index (χ0n) is 10.7. The lowest BCUT2D eigenvalue weighted by Crippen LogP contribution is -2.38. The zero-order chi connectivity index (χ0) is 14.2. The van der Waals surface area contributed by atoms with Gasteiger partial charge in [-0.2, -0.15) is 0 Å². The van der Waals surface area contributed by atoms with Crippen LogP contribution in [0, 0.1) is 0 Å². The lowest BCUT2D eigenvalue weighted by molar-refractivity contribution is 0.0519. The summed E-state index contributed by atoms with van der Waals surface area (Å²) < 4.78 is 6.88. The highest BCUT2D eigenvalue weighted by molar-refractivity contribution is 5.88.